The van der Waals surface area contributed by atoms with Gasteiger partial charge >= 0.3 is 0 Å². The van der Waals surface area contributed by atoms with E-state index in [2.05, 4.69) is 9.62 Å². The van der Waals surface area contributed by atoms with Crippen LogP contribution in [0.5, 0.6) is 0 Å². The van der Waals surface area contributed by atoms with Gasteiger partial charge in [-0.1, -0.05) is 11.6 Å². The molecule has 1 fully saturated rings. The molecule has 1 heterocycles. The van der Waals surface area contributed by atoms with E-state index in [0.717, 1.165) is 25.2 Å². The van der Waals surface area contributed by atoms with Crippen LogP contribution in [0.4, 0.5) is 5.69 Å². The molecule has 0 aromatic heterocycles. The summed E-state index contributed by atoms with van der Waals surface area (Å²) in [5.74, 6) is 0. The first-order valence-electron chi connectivity index (χ1n) is 6.64. The van der Waals surface area contributed by atoms with E-state index in [1.165, 1.54) is 6.07 Å². The fourth-order valence-corrected chi connectivity index (χ4v) is 3.44. The van der Waals surface area contributed by atoms with Crippen LogP contribution in [0, 0.1) is 10.1 Å². The number of nitro benzene ring substituents is 1. The standard InChI is InChI=1S/C12H16ClN3O5S/c13-10-1-2-12(11(9-10)16(17)18)22(19,20)14-3-4-15-5-7-21-8-6-15/h1-2,9,14H,3-8H2. The molecule has 1 aromatic carbocycles. The van der Waals surface area contributed by atoms with E-state index >= 15 is 0 Å². The van der Waals surface area contributed by atoms with Crippen molar-refractivity contribution in [3.05, 3.63) is 33.3 Å². The molecule has 0 radical (unpaired) electrons. The van der Waals surface area contributed by atoms with Crippen LogP contribution in [-0.4, -0.2) is 57.6 Å². The van der Waals surface area contributed by atoms with E-state index < -0.39 is 20.6 Å². The molecule has 22 heavy (non-hydrogen) atoms. The summed E-state index contributed by atoms with van der Waals surface area (Å²) in [5.41, 5.74) is -0.536. The predicted octanol–water partition coefficient (Wildman–Crippen LogP) is 0.859. The van der Waals surface area contributed by atoms with Gasteiger partial charge in [-0.2, -0.15) is 0 Å². The molecular weight excluding hydrogens is 334 g/mol. The lowest BCUT2D eigenvalue weighted by Gasteiger charge is -2.26. The molecule has 1 saturated heterocycles. The summed E-state index contributed by atoms with van der Waals surface area (Å²) in [6.45, 7) is 3.41. The van der Waals surface area contributed by atoms with Crippen molar-refractivity contribution in [2.24, 2.45) is 0 Å². The van der Waals surface area contributed by atoms with Gasteiger partial charge in [0.1, 0.15) is 0 Å². The molecule has 122 valence electrons. The van der Waals surface area contributed by atoms with E-state index in [0.29, 0.717) is 19.8 Å². The summed E-state index contributed by atoms with van der Waals surface area (Å²) in [5, 5.41) is 11.1. The first-order valence-corrected chi connectivity index (χ1v) is 8.50. The van der Waals surface area contributed by atoms with Gasteiger partial charge in [-0.25, -0.2) is 13.1 Å². The van der Waals surface area contributed by atoms with E-state index in [-0.39, 0.29) is 16.5 Å². The summed E-state index contributed by atoms with van der Waals surface area (Å²) in [6.07, 6.45) is 0. The number of rotatable bonds is 6. The molecule has 2 rings (SSSR count). The molecule has 0 unspecified atom stereocenters. The highest BCUT2D eigenvalue weighted by atomic mass is 35.5. The Bertz CT molecular complexity index is 646. The maximum Gasteiger partial charge on any atom is 0.290 e. The largest absolute Gasteiger partial charge is 0.379 e. The van der Waals surface area contributed by atoms with Crippen LogP contribution >= 0.6 is 11.6 Å². The number of morpholine rings is 1. The summed E-state index contributed by atoms with van der Waals surface area (Å²) in [4.78, 5) is 11.9. The molecule has 1 aliphatic rings. The zero-order chi connectivity index (χ0) is 16.2. The maximum atomic E-state index is 12.2. The van der Waals surface area contributed by atoms with Gasteiger partial charge in [-0.05, 0) is 12.1 Å². The molecule has 10 heteroatoms. The number of hydrogen-bond acceptors (Lipinski definition) is 6. The zero-order valence-electron chi connectivity index (χ0n) is 11.7. The minimum atomic E-state index is -3.96. The minimum absolute atomic E-state index is 0.110. The number of nitrogens with zero attached hydrogens (tertiary/aromatic N) is 2. The van der Waals surface area contributed by atoms with Crippen molar-refractivity contribution in [1.29, 1.82) is 0 Å². The number of nitrogens with one attached hydrogen (secondary N) is 1. The summed E-state index contributed by atoms with van der Waals surface area (Å²) in [6, 6.07) is 3.47. The Hall–Kier alpha value is -1.26. The monoisotopic (exact) mass is 349 g/mol. The maximum absolute atomic E-state index is 12.2. The van der Waals surface area contributed by atoms with Crippen LogP contribution in [-0.2, 0) is 14.8 Å². The predicted molar refractivity (Wildman–Crippen MR) is 80.6 cm³/mol. The topological polar surface area (TPSA) is 102 Å². The number of ether oxygens (including phenoxy) is 1. The third kappa shape index (κ3) is 4.37. The molecule has 0 amide bonds. The average Bonchev–Trinajstić information content (AvgIpc) is 2.47. The fraction of sp³-hybridized carbons (Fsp3) is 0.500. The summed E-state index contributed by atoms with van der Waals surface area (Å²) < 4.78 is 32.0. The Morgan fingerprint density at radius 2 is 2.05 bits per heavy atom. The zero-order valence-corrected chi connectivity index (χ0v) is 13.3. The van der Waals surface area contributed by atoms with Crippen molar-refractivity contribution in [3.8, 4) is 0 Å². The van der Waals surface area contributed by atoms with Crippen molar-refractivity contribution in [1.82, 2.24) is 9.62 Å². The van der Waals surface area contributed by atoms with Gasteiger partial charge in [-0.15, -0.1) is 0 Å². The number of sulfonamides is 1. The van der Waals surface area contributed by atoms with Gasteiger partial charge in [0.25, 0.3) is 5.69 Å². The summed E-state index contributed by atoms with van der Waals surface area (Å²) >= 11 is 5.68. The Kier molecular flexibility index (Phi) is 5.70. The van der Waals surface area contributed by atoms with Crippen molar-refractivity contribution < 1.29 is 18.1 Å². The summed E-state index contributed by atoms with van der Waals surface area (Å²) in [7, 11) is -3.96. The number of nitro groups is 1. The highest BCUT2D eigenvalue weighted by Crippen LogP contribution is 2.26. The van der Waals surface area contributed by atoms with Crippen LogP contribution in [0.25, 0.3) is 0 Å². The second-order valence-corrected chi connectivity index (χ2v) is 6.89. The minimum Gasteiger partial charge on any atom is -0.379 e. The van der Waals surface area contributed by atoms with E-state index in [1.807, 2.05) is 0 Å². The van der Waals surface area contributed by atoms with Gasteiger partial charge in [0.05, 0.1) is 18.1 Å². The van der Waals surface area contributed by atoms with Crippen LogP contribution in [0.1, 0.15) is 0 Å². The second kappa shape index (κ2) is 7.34. The van der Waals surface area contributed by atoms with Gasteiger partial charge in [0.15, 0.2) is 4.90 Å². The number of benzene rings is 1. The smallest absolute Gasteiger partial charge is 0.290 e. The Morgan fingerprint density at radius 3 is 2.68 bits per heavy atom. The van der Waals surface area contributed by atoms with Crippen LogP contribution in [0.3, 0.4) is 0 Å². The molecule has 0 spiro atoms. The molecule has 0 bridgehead atoms. The quantitative estimate of drug-likeness (QED) is 0.603. The Morgan fingerprint density at radius 1 is 1.36 bits per heavy atom. The normalized spacial score (nSPS) is 16.6. The molecule has 1 N–H and O–H groups in total. The third-order valence-electron chi connectivity index (χ3n) is 3.23. The van der Waals surface area contributed by atoms with Gasteiger partial charge in [0, 0.05) is 37.3 Å². The van der Waals surface area contributed by atoms with E-state index in [4.69, 9.17) is 16.3 Å². The van der Waals surface area contributed by atoms with Crippen LogP contribution < -0.4 is 4.72 Å². The van der Waals surface area contributed by atoms with Crippen LogP contribution in [0.15, 0.2) is 23.1 Å². The third-order valence-corrected chi connectivity index (χ3v) is 4.97. The molecule has 1 aliphatic heterocycles. The lowest BCUT2D eigenvalue weighted by molar-refractivity contribution is -0.387. The molecule has 1 aromatic rings. The second-order valence-electron chi connectivity index (χ2n) is 4.72. The first-order chi connectivity index (χ1) is 10.4. The van der Waals surface area contributed by atoms with E-state index in [1.54, 1.807) is 0 Å². The van der Waals surface area contributed by atoms with Gasteiger partial charge in [-0.3, -0.25) is 15.0 Å². The molecule has 0 atom stereocenters. The fourth-order valence-electron chi connectivity index (χ4n) is 2.10. The molecule has 0 saturated carbocycles. The van der Waals surface area contributed by atoms with Gasteiger partial charge in [0.2, 0.25) is 10.0 Å². The molecule has 0 aliphatic carbocycles. The van der Waals surface area contributed by atoms with Crippen molar-refractivity contribution in [3.63, 3.8) is 0 Å². The first kappa shape index (κ1) is 17.1. The SMILES string of the molecule is O=[N+]([O-])c1cc(Cl)ccc1S(=O)(=O)NCCN1CCOCC1. The molecule has 8 nitrogen and oxygen atoms in total. The van der Waals surface area contributed by atoms with E-state index in [9.17, 15) is 18.5 Å². The Labute approximate surface area is 133 Å². The number of halogens is 1. The Balaban J connectivity index is 2.05. The highest BCUT2D eigenvalue weighted by molar-refractivity contribution is 7.89. The van der Waals surface area contributed by atoms with Crippen molar-refractivity contribution in [2.75, 3.05) is 39.4 Å². The lowest BCUT2D eigenvalue weighted by atomic mass is 10.3. The number of hydrogen-bond donors (Lipinski definition) is 1. The van der Waals surface area contributed by atoms with Crippen LogP contribution in [0.2, 0.25) is 5.02 Å². The van der Waals surface area contributed by atoms with Crippen molar-refractivity contribution in [2.45, 2.75) is 4.90 Å². The van der Waals surface area contributed by atoms with Gasteiger partial charge < -0.3 is 4.74 Å². The average molecular weight is 350 g/mol. The van der Waals surface area contributed by atoms with Crippen molar-refractivity contribution >= 4 is 27.3 Å². The highest BCUT2D eigenvalue weighted by Gasteiger charge is 2.26. The lowest BCUT2D eigenvalue weighted by Crippen LogP contribution is -2.41. The molecular formula is C12H16ClN3O5S.